The predicted octanol–water partition coefficient (Wildman–Crippen LogP) is 1.92. The van der Waals surface area contributed by atoms with Gasteiger partial charge < -0.3 is 5.11 Å². The zero-order chi connectivity index (χ0) is 13.1. The third-order valence-corrected chi connectivity index (χ3v) is 3.10. The van der Waals surface area contributed by atoms with E-state index in [0.717, 1.165) is 9.99 Å². The zero-order valence-electron chi connectivity index (χ0n) is 9.67. The van der Waals surface area contributed by atoms with E-state index >= 15 is 0 Å². The smallest absolute Gasteiger partial charge is 0.337 e. The first-order chi connectivity index (χ1) is 8.63. The first-order valence-corrected chi connectivity index (χ1v) is 6.51. The van der Waals surface area contributed by atoms with Crippen LogP contribution in [0.4, 0.5) is 0 Å². The highest BCUT2D eigenvalue weighted by molar-refractivity contribution is 14.1. The number of rotatable bonds is 4. The van der Waals surface area contributed by atoms with E-state index in [-0.39, 0.29) is 5.56 Å². The number of carbonyl (C=O) groups is 1. The van der Waals surface area contributed by atoms with Crippen LogP contribution in [0.2, 0.25) is 0 Å². The van der Waals surface area contributed by atoms with Crippen LogP contribution in [0, 0.1) is 3.57 Å². The molecule has 1 aromatic heterocycles. The van der Waals surface area contributed by atoms with E-state index in [9.17, 15) is 9.90 Å². The molecule has 0 saturated heterocycles. The van der Waals surface area contributed by atoms with Crippen LogP contribution < -0.4 is 0 Å². The van der Waals surface area contributed by atoms with Crippen LogP contribution in [0.1, 0.15) is 29.5 Å². The molecule has 0 fully saturated rings. The molecule has 0 aliphatic rings. The maximum Gasteiger partial charge on any atom is 0.337 e. The number of carboxylic acids is 1. The van der Waals surface area contributed by atoms with Crippen LogP contribution in [0.15, 0.2) is 18.2 Å². The summed E-state index contributed by atoms with van der Waals surface area (Å²) in [6, 6.07) is 5.16. The van der Waals surface area contributed by atoms with Gasteiger partial charge in [0.15, 0.2) is 5.82 Å². The molecule has 7 heteroatoms. The number of aromatic nitrogens is 4. The van der Waals surface area contributed by atoms with Crippen molar-refractivity contribution < 1.29 is 9.90 Å². The quantitative estimate of drug-likeness (QED) is 0.845. The molecule has 0 radical (unpaired) electrons. The first-order valence-electron chi connectivity index (χ1n) is 5.44. The minimum absolute atomic E-state index is 0.201. The van der Waals surface area contributed by atoms with Crippen LogP contribution in [0.5, 0.6) is 0 Å². The van der Waals surface area contributed by atoms with Gasteiger partial charge in [-0.15, -0.1) is 5.10 Å². The number of aryl methyl sites for hydroxylation is 1. The van der Waals surface area contributed by atoms with Crippen molar-refractivity contribution in [2.24, 2.45) is 0 Å². The van der Waals surface area contributed by atoms with E-state index in [1.807, 2.05) is 13.0 Å². The van der Waals surface area contributed by atoms with Gasteiger partial charge in [-0.25, -0.2) is 4.79 Å². The van der Waals surface area contributed by atoms with E-state index in [2.05, 4.69) is 38.1 Å². The molecule has 18 heavy (non-hydrogen) atoms. The second-order valence-corrected chi connectivity index (χ2v) is 4.97. The lowest BCUT2D eigenvalue weighted by atomic mass is 10.2. The lowest BCUT2D eigenvalue weighted by Crippen LogP contribution is -2.10. The number of hydrogen-bond donors (Lipinski definition) is 1. The largest absolute Gasteiger partial charge is 0.478 e. The Morgan fingerprint density at radius 1 is 1.50 bits per heavy atom. The summed E-state index contributed by atoms with van der Waals surface area (Å²) in [7, 11) is 0. The average Bonchev–Trinajstić information content (AvgIpc) is 2.77. The fourth-order valence-electron chi connectivity index (χ4n) is 1.64. The molecule has 0 atom stereocenters. The number of halogens is 1. The Kier molecular flexibility index (Phi) is 3.90. The Balaban J connectivity index is 2.56. The molecule has 94 valence electrons. The normalized spacial score (nSPS) is 10.6. The molecule has 0 unspecified atom stereocenters. The number of tetrazole rings is 1. The van der Waals surface area contributed by atoms with Crippen molar-refractivity contribution in [1.29, 1.82) is 0 Å². The molecule has 0 aliphatic carbocycles. The highest BCUT2D eigenvalue weighted by Crippen LogP contribution is 2.18. The fraction of sp³-hybridized carbons (Fsp3) is 0.273. The molecule has 0 spiro atoms. The molecule has 2 rings (SSSR count). The molecular weight excluding hydrogens is 347 g/mol. The zero-order valence-corrected chi connectivity index (χ0v) is 11.8. The number of nitrogens with zero attached hydrogens (tertiary/aromatic N) is 4. The number of benzene rings is 1. The predicted molar refractivity (Wildman–Crippen MR) is 72.8 cm³/mol. The summed E-state index contributed by atoms with van der Waals surface area (Å²) in [4.78, 5) is 11.3. The SMILES string of the molecule is CCCc1nnnn1-c1ccc(I)cc1C(=O)O. The summed E-state index contributed by atoms with van der Waals surface area (Å²) >= 11 is 2.07. The second-order valence-electron chi connectivity index (χ2n) is 3.72. The fourth-order valence-corrected chi connectivity index (χ4v) is 2.13. The van der Waals surface area contributed by atoms with Gasteiger partial charge in [0.2, 0.25) is 0 Å². The van der Waals surface area contributed by atoms with Gasteiger partial charge in [0.25, 0.3) is 0 Å². The van der Waals surface area contributed by atoms with Crippen molar-refractivity contribution in [2.75, 3.05) is 0 Å². The van der Waals surface area contributed by atoms with Crippen molar-refractivity contribution in [3.63, 3.8) is 0 Å². The van der Waals surface area contributed by atoms with E-state index in [0.29, 0.717) is 17.9 Å². The van der Waals surface area contributed by atoms with Crippen LogP contribution in [-0.2, 0) is 6.42 Å². The molecule has 2 aromatic rings. The molecule has 0 saturated carbocycles. The number of aromatic carboxylic acids is 1. The van der Waals surface area contributed by atoms with Gasteiger partial charge in [-0.3, -0.25) is 0 Å². The van der Waals surface area contributed by atoms with Gasteiger partial charge >= 0.3 is 5.97 Å². The van der Waals surface area contributed by atoms with E-state index in [1.165, 1.54) is 4.68 Å². The average molecular weight is 358 g/mol. The maximum atomic E-state index is 11.3. The molecular formula is C11H11IN4O2. The van der Waals surface area contributed by atoms with E-state index in [1.54, 1.807) is 12.1 Å². The van der Waals surface area contributed by atoms with Crippen LogP contribution in [0.3, 0.4) is 0 Å². The van der Waals surface area contributed by atoms with Crippen LogP contribution in [-0.4, -0.2) is 31.3 Å². The van der Waals surface area contributed by atoms with Crippen LogP contribution >= 0.6 is 22.6 Å². The highest BCUT2D eigenvalue weighted by Gasteiger charge is 2.16. The summed E-state index contributed by atoms with van der Waals surface area (Å²) in [5, 5.41) is 20.6. The van der Waals surface area contributed by atoms with Gasteiger partial charge in [-0.1, -0.05) is 6.92 Å². The second kappa shape index (κ2) is 5.42. The van der Waals surface area contributed by atoms with Crippen molar-refractivity contribution in [3.05, 3.63) is 33.2 Å². The minimum atomic E-state index is -0.985. The van der Waals surface area contributed by atoms with E-state index in [4.69, 9.17) is 0 Å². The van der Waals surface area contributed by atoms with Crippen molar-refractivity contribution >= 4 is 28.6 Å². The number of hydrogen-bond acceptors (Lipinski definition) is 4. The Morgan fingerprint density at radius 2 is 2.28 bits per heavy atom. The summed E-state index contributed by atoms with van der Waals surface area (Å²) in [5.41, 5.74) is 0.697. The summed E-state index contributed by atoms with van der Waals surface area (Å²) < 4.78 is 2.35. The third kappa shape index (κ3) is 2.50. The topological polar surface area (TPSA) is 80.9 Å². The van der Waals surface area contributed by atoms with Gasteiger partial charge in [0, 0.05) is 9.99 Å². The van der Waals surface area contributed by atoms with Gasteiger partial charge in [0.1, 0.15) is 0 Å². The lowest BCUT2D eigenvalue weighted by Gasteiger charge is -2.07. The first kappa shape index (κ1) is 12.9. The third-order valence-electron chi connectivity index (χ3n) is 2.42. The molecule has 6 nitrogen and oxygen atoms in total. The Hall–Kier alpha value is -1.51. The summed E-state index contributed by atoms with van der Waals surface area (Å²) in [5.74, 6) is -0.317. The Morgan fingerprint density at radius 3 is 2.94 bits per heavy atom. The molecule has 0 amide bonds. The molecule has 1 N–H and O–H groups in total. The molecule has 0 aliphatic heterocycles. The van der Waals surface area contributed by atoms with Crippen molar-refractivity contribution in [2.45, 2.75) is 19.8 Å². The Labute approximate surface area is 117 Å². The monoisotopic (exact) mass is 358 g/mol. The molecule has 1 heterocycles. The standard InChI is InChI=1S/C11H11IN4O2/c1-2-3-10-13-14-15-16(10)9-5-4-7(12)6-8(9)11(17)18/h4-6H,2-3H2,1H3,(H,17,18). The number of carboxylic acid groups (broad SMARTS) is 1. The van der Waals surface area contributed by atoms with Gasteiger partial charge in [-0.2, -0.15) is 4.68 Å². The molecule has 0 bridgehead atoms. The summed E-state index contributed by atoms with van der Waals surface area (Å²) in [6.07, 6.45) is 1.60. The Bertz CT molecular complexity index is 582. The van der Waals surface area contributed by atoms with Crippen LogP contribution in [0.25, 0.3) is 5.69 Å². The van der Waals surface area contributed by atoms with Crippen molar-refractivity contribution in [1.82, 2.24) is 20.2 Å². The van der Waals surface area contributed by atoms with Gasteiger partial charge in [0.05, 0.1) is 11.3 Å². The highest BCUT2D eigenvalue weighted by atomic mass is 127. The lowest BCUT2D eigenvalue weighted by molar-refractivity contribution is 0.0696. The summed E-state index contributed by atoms with van der Waals surface area (Å²) in [6.45, 7) is 2.02. The minimum Gasteiger partial charge on any atom is -0.478 e. The van der Waals surface area contributed by atoms with Crippen molar-refractivity contribution in [3.8, 4) is 5.69 Å². The van der Waals surface area contributed by atoms with Gasteiger partial charge in [-0.05, 0) is 57.6 Å². The maximum absolute atomic E-state index is 11.3. The molecule has 1 aromatic carbocycles. The van der Waals surface area contributed by atoms with E-state index < -0.39 is 5.97 Å².